The van der Waals surface area contributed by atoms with Crippen LogP contribution in [0.5, 0.6) is 0 Å². The minimum Gasteiger partial charge on any atom is -0.207 e. The van der Waals surface area contributed by atoms with Crippen LogP contribution in [0.1, 0.15) is 21.5 Å². The lowest BCUT2D eigenvalue weighted by Crippen LogP contribution is -1.99. The van der Waals surface area contributed by atoms with E-state index in [1.165, 1.54) is 18.2 Å². The zero-order valence-corrected chi connectivity index (χ0v) is 11.5. The molecule has 18 heavy (non-hydrogen) atoms. The molecular formula is C15H13BrF2. The lowest BCUT2D eigenvalue weighted by Gasteiger charge is -2.12. The average molecular weight is 311 g/mol. The smallest absolute Gasteiger partial charge is 0.127 e. The number of aryl methyl sites for hydroxylation is 1. The van der Waals surface area contributed by atoms with Crippen LogP contribution in [0.3, 0.4) is 0 Å². The molecule has 3 heteroatoms. The number of hydrogen-bond donors (Lipinski definition) is 0. The lowest BCUT2D eigenvalue weighted by atomic mass is 10.0. The predicted molar refractivity (Wildman–Crippen MR) is 72.9 cm³/mol. The molecule has 0 aliphatic heterocycles. The maximum absolute atomic E-state index is 13.8. The van der Waals surface area contributed by atoms with Crippen molar-refractivity contribution in [2.45, 2.75) is 18.2 Å². The summed E-state index contributed by atoms with van der Waals surface area (Å²) in [5.41, 5.74) is 2.34. The van der Waals surface area contributed by atoms with Crippen LogP contribution in [0, 0.1) is 18.6 Å². The van der Waals surface area contributed by atoms with E-state index in [1.807, 2.05) is 19.1 Å². The van der Waals surface area contributed by atoms with Gasteiger partial charge in [-0.15, -0.1) is 0 Å². The van der Waals surface area contributed by atoms with Crippen LogP contribution in [0.15, 0.2) is 42.5 Å². The monoisotopic (exact) mass is 310 g/mol. The minimum absolute atomic E-state index is 0.153. The highest BCUT2D eigenvalue weighted by Crippen LogP contribution is 2.29. The second kappa shape index (κ2) is 5.61. The Hall–Kier alpha value is -1.22. The molecule has 1 atom stereocenters. The molecule has 0 heterocycles. The standard InChI is InChI=1S/C15H13BrF2/c1-10-5-6-13(15(18)7-10)14(16)9-11-3-2-4-12(17)8-11/h2-8,14H,9H2,1H3. The van der Waals surface area contributed by atoms with E-state index in [0.717, 1.165) is 11.1 Å². The van der Waals surface area contributed by atoms with E-state index < -0.39 is 0 Å². The van der Waals surface area contributed by atoms with Gasteiger partial charge in [0.2, 0.25) is 0 Å². The fourth-order valence-corrected chi connectivity index (χ4v) is 2.61. The molecule has 0 saturated carbocycles. The van der Waals surface area contributed by atoms with Crippen LogP contribution >= 0.6 is 15.9 Å². The summed E-state index contributed by atoms with van der Waals surface area (Å²) in [5.74, 6) is -0.496. The Kier molecular flexibility index (Phi) is 4.12. The molecule has 0 nitrogen and oxygen atoms in total. The van der Waals surface area contributed by atoms with Crippen LogP contribution in [-0.4, -0.2) is 0 Å². The summed E-state index contributed by atoms with van der Waals surface area (Å²) in [6.07, 6.45) is 0.553. The SMILES string of the molecule is Cc1ccc(C(Br)Cc2cccc(F)c2)c(F)c1. The van der Waals surface area contributed by atoms with E-state index in [1.54, 1.807) is 12.1 Å². The molecule has 0 aromatic heterocycles. The van der Waals surface area contributed by atoms with E-state index in [2.05, 4.69) is 15.9 Å². The minimum atomic E-state index is -0.267. The second-order valence-corrected chi connectivity index (χ2v) is 5.43. The number of benzene rings is 2. The largest absolute Gasteiger partial charge is 0.207 e. The highest BCUT2D eigenvalue weighted by Gasteiger charge is 2.13. The van der Waals surface area contributed by atoms with Gasteiger partial charge in [0.05, 0.1) is 0 Å². The Bertz CT molecular complexity index is 552. The van der Waals surface area contributed by atoms with E-state index in [-0.39, 0.29) is 16.5 Å². The van der Waals surface area contributed by atoms with Crippen LogP contribution in [0.2, 0.25) is 0 Å². The highest BCUT2D eigenvalue weighted by atomic mass is 79.9. The van der Waals surface area contributed by atoms with Crippen molar-refractivity contribution in [3.8, 4) is 0 Å². The maximum Gasteiger partial charge on any atom is 0.127 e. The van der Waals surface area contributed by atoms with Crippen molar-refractivity contribution in [1.82, 2.24) is 0 Å². The lowest BCUT2D eigenvalue weighted by molar-refractivity contribution is 0.605. The molecule has 0 amide bonds. The van der Waals surface area contributed by atoms with Gasteiger partial charge in [0.1, 0.15) is 11.6 Å². The molecule has 2 rings (SSSR count). The van der Waals surface area contributed by atoms with Gasteiger partial charge in [-0.2, -0.15) is 0 Å². The van der Waals surface area contributed by atoms with Gasteiger partial charge in [0, 0.05) is 10.4 Å². The van der Waals surface area contributed by atoms with Crippen LogP contribution in [0.4, 0.5) is 8.78 Å². The molecular weight excluding hydrogens is 298 g/mol. The first-order valence-electron chi connectivity index (χ1n) is 5.71. The third kappa shape index (κ3) is 3.16. The molecule has 0 saturated heterocycles. The number of alkyl halides is 1. The van der Waals surface area contributed by atoms with Crippen molar-refractivity contribution in [3.05, 3.63) is 70.8 Å². The van der Waals surface area contributed by atoms with Crippen molar-refractivity contribution < 1.29 is 8.78 Å². The summed E-state index contributed by atoms with van der Waals surface area (Å²) < 4.78 is 26.8. The van der Waals surface area contributed by atoms with E-state index in [0.29, 0.717) is 12.0 Å². The normalized spacial score (nSPS) is 12.4. The Morgan fingerprint density at radius 1 is 1.11 bits per heavy atom. The molecule has 0 aliphatic rings. The van der Waals surface area contributed by atoms with Crippen LogP contribution in [-0.2, 0) is 6.42 Å². The van der Waals surface area contributed by atoms with Gasteiger partial charge < -0.3 is 0 Å². The third-order valence-corrected chi connectivity index (χ3v) is 3.61. The topological polar surface area (TPSA) is 0 Å². The maximum atomic E-state index is 13.8. The van der Waals surface area contributed by atoms with Gasteiger partial charge in [-0.05, 0) is 42.7 Å². The summed E-state index contributed by atoms with van der Waals surface area (Å²) in [6.45, 7) is 1.85. The van der Waals surface area contributed by atoms with E-state index in [9.17, 15) is 8.78 Å². The Labute approximate surface area is 114 Å². The van der Waals surface area contributed by atoms with Crippen molar-refractivity contribution in [2.24, 2.45) is 0 Å². The van der Waals surface area contributed by atoms with Crippen molar-refractivity contribution >= 4 is 15.9 Å². The Morgan fingerprint density at radius 2 is 1.89 bits per heavy atom. The second-order valence-electron chi connectivity index (χ2n) is 4.33. The summed E-state index contributed by atoms with van der Waals surface area (Å²) in [7, 11) is 0. The van der Waals surface area contributed by atoms with Gasteiger partial charge in [-0.1, -0.05) is 40.2 Å². The zero-order valence-electron chi connectivity index (χ0n) is 9.96. The molecule has 0 radical (unpaired) electrons. The summed E-state index contributed by atoms with van der Waals surface area (Å²) in [6, 6.07) is 11.5. The first-order chi connectivity index (χ1) is 8.56. The molecule has 0 N–H and O–H groups in total. The van der Waals surface area contributed by atoms with E-state index in [4.69, 9.17) is 0 Å². The summed E-state index contributed by atoms with van der Waals surface area (Å²) >= 11 is 3.46. The summed E-state index contributed by atoms with van der Waals surface area (Å²) in [4.78, 5) is -0.153. The molecule has 0 bridgehead atoms. The van der Waals surface area contributed by atoms with Crippen molar-refractivity contribution in [1.29, 1.82) is 0 Å². The number of hydrogen-bond acceptors (Lipinski definition) is 0. The highest BCUT2D eigenvalue weighted by molar-refractivity contribution is 9.09. The zero-order chi connectivity index (χ0) is 13.1. The van der Waals surface area contributed by atoms with Gasteiger partial charge in [0.25, 0.3) is 0 Å². The molecule has 2 aromatic rings. The number of halogens is 3. The number of rotatable bonds is 3. The summed E-state index contributed by atoms with van der Waals surface area (Å²) in [5, 5.41) is 0. The first kappa shape index (κ1) is 13.2. The average Bonchev–Trinajstić information content (AvgIpc) is 2.28. The van der Waals surface area contributed by atoms with Crippen molar-refractivity contribution in [2.75, 3.05) is 0 Å². The molecule has 1 unspecified atom stereocenters. The van der Waals surface area contributed by atoms with E-state index >= 15 is 0 Å². The van der Waals surface area contributed by atoms with Gasteiger partial charge in [-0.3, -0.25) is 0 Å². The molecule has 94 valence electrons. The first-order valence-corrected chi connectivity index (χ1v) is 6.62. The predicted octanol–water partition coefficient (Wildman–Crippen LogP) is 4.95. The molecule has 2 aromatic carbocycles. The fraction of sp³-hybridized carbons (Fsp3) is 0.200. The fourth-order valence-electron chi connectivity index (χ4n) is 1.87. The van der Waals surface area contributed by atoms with Crippen LogP contribution in [0.25, 0.3) is 0 Å². The van der Waals surface area contributed by atoms with Gasteiger partial charge in [-0.25, -0.2) is 8.78 Å². The quantitative estimate of drug-likeness (QED) is 0.703. The third-order valence-electron chi connectivity index (χ3n) is 2.80. The van der Waals surface area contributed by atoms with Crippen LogP contribution < -0.4 is 0 Å². The van der Waals surface area contributed by atoms with Gasteiger partial charge >= 0.3 is 0 Å². The Morgan fingerprint density at radius 3 is 2.56 bits per heavy atom. The molecule has 0 aliphatic carbocycles. The van der Waals surface area contributed by atoms with Gasteiger partial charge in [0.15, 0.2) is 0 Å². The molecule has 0 spiro atoms. The van der Waals surface area contributed by atoms with Crippen molar-refractivity contribution in [3.63, 3.8) is 0 Å². The molecule has 0 fully saturated rings. The Balaban J connectivity index is 2.19.